The third-order valence-electron chi connectivity index (χ3n) is 4.45. The molecule has 0 aromatic heterocycles. The molecule has 0 aliphatic carbocycles. The summed E-state index contributed by atoms with van der Waals surface area (Å²) in [7, 11) is 0. The molecule has 0 radical (unpaired) electrons. The lowest BCUT2D eigenvalue weighted by Gasteiger charge is -2.08. The van der Waals surface area contributed by atoms with Crippen LogP contribution in [0.5, 0.6) is 11.5 Å². The van der Waals surface area contributed by atoms with Gasteiger partial charge >= 0.3 is 0 Å². The number of carbonyl (C=O) groups excluding carboxylic acids is 1. The van der Waals surface area contributed by atoms with Gasteiger partial charge in [-0.05, 0) is 66.1 Å². The first-order valence-corrected chi connectivity index (χ1v) is 10.1. The largest absolute Gasteiger partial charge is 0.493 e. The van der Waals surface area contributed by atoms with Gasteiger partial charge < -0.3 is 9.47 Å². The van der Waals surface area contributed by atoms with Crippen LogP contribution in [0.1, 0.15) is 34.8 Å². The molecule has 0 heterocycles. The number of aryl methyl sites for hydroxylation is 1. The first-order valence-electron chi connectivity index (χ1n) is 10.1. The minimum Gasteiger partial charge on any atom is -0.493 e. The second-order valence-corrected chi connectivity index (χ2v) is 6.68. The predicted molar refractivity (Wildman–Crippen MR) is 119 cm³/mol. The molecule has 0 saturated heterocycles. The SMILES string of the molecule is CCc1ccc(OCCCOc2ccc(C=NNC(=O)c3ccccc3)cc2)cc1. The highest BCUT2D eigenvalue weighted by Gasteiger charge is 2.01. The number of hydrogen-bond acceptors (Lipinski definition) is 4. The Labute approximate surface area is 177 Å². The zero-order valence-corrected chi connectivity index (χ0v) is 17.1. The summed E-state index contributed by atoms with van der Waals surface area (Å²) in [5.41, 5.74) is 5.26. The number of hydrogen-bond donors (Lipinski definition) is 1. The van der Waals surface area contributed by atoms with Crippen LogP contribution in [0.4, 0.5) is 0 Å². The van der Waals surface area contributed by atoms with Crippen molar-refractivity contribution in [2.75, 3.05) is 13.2 Å². The van der Waals surface area contributed by atoms with Crippen molar-refractivity contribution in [3.05, 3.63) is 95.6 Å². The molecule has 5 heteroatoms. The van der Waals surface area contributed by atoms with E-state index in [1.807, 2.05) is 54.6 Å². The van der Waals surface area contributed by atoms with Gasteiger partial charge in [0.05, 0.1) is 19.4 Å². The summed E-state index contributed by atoms with van der Waals surface area (Å²) in [6.07, 6.45) is 3.42. The maximum Gasteiger partial charge on any atom is 0.271 e. The van der Waals surface area contributed by atoms with Crippen LogP contribution in [-0.4, -0.2) is 25.3 Å². The van der Waals surface area contributed by atoms with Crippen molar-refractivity contribution in [3.63, 3.8) is 0 Å². The van der Waals surface area contributed by atoms with Crippen molar-refractivity contribution in [1.82, 2.24) is 5.43 Å². The third-order valence-corrected chi connectivity index (χ3v) is 4.45. The van der Waals surface area contributed by atoms with Crippen LogP contribution in [0, 0.1) is 0 Å². The van der Waals surface area contributed by atoms with Gasteiger partial charge in [0.25, 0.3) is 5.91 Å². The number of rotatable bonds is 10. The number of nitrogens with zero attached hydrogens (tertiary/aromatic N) is 1. The molecule has 5 nitrogen and oxygen atoms in total. The monoisotopic (exact) mass is 402 g/mol. The summed E-state index contributed by atoms with van der Waals surface area (Å²) in [5, 5.41) is 3.99. The van der Waals surface area contributed by atoms with Crippen molar-refractivity contribution < 1.29 is 14.3 Å². The number of nitrogens with one attached hydrogen (secondary N) is 1. The molecule has 3 aromatic rings. The van der Waals surface area contributed by atoms with Gasteiger partial charge in [-0.1, -0.05) is 37.3 Å². The molecular formula is C25H26N2O3. The second-order valence-electron chi connectivity index (χ2n) is 6.68. The molecule has 0 fully saturated rings. The number of ether oxygens (including phenoxy) is 2. The standard InChI is InChI=1S/C25H26N2O3/c1-2-20-9-13-23(14-10-20)29-17-6-18-30-24-15-11-21(12-16-24)19-26-27-25(28)22-7-4-3-5-8-22/h3-5,7-16,19H,2,6,17-18H2,1H3,(H,27,28). The maximum absolute atomic E-state index is 11.9. The van der Waals surface area contributed by atoms with Gasteiger partial charge in [-0.2, -0.15) is 5.10 Å². The van der Waals surface area contributed by atoms with Gasteiger partial charge in [0, 0.05) is 12.0 Å². The van der Waals surface area contributed by atoms with Crippen LogP contribution >= 0.6 is 0 Å². The molecule has 30 heavy (non-hydrogen) atoms. The van der Waals surface area contributed by atoms with Crippen LogP contribution in [-0.2, 0) is 6.42 Å². The van der Waals surface area contributed by atoms with Crippen LogP contribution in [0.3, 0.4) is 0 Å². The Morgan fingerprint density at radius 1 is 0.867 bits per heavy atom. The molecule has 154 valence electrons. The number of amides is 1. The van der Waals surface area contributed by atoms with E-state index in [-0.39, 0.29) is 5.91 Å². The number of hydrazone groups is 1. The molecule has 0 unspecified atom stereocenters. The average Bonchev–Trinajstić information content (AvgIpc) is 2.81. The quantitative estimate of drug-likeness (QED) is 0.299. The Morgan fingerprint density at radius 3 is 2.07 bits per heavy atom. The summed E-state index contributed by atoms with van der Waals surface area (Å²) >= 11 is 0. The smallest absolute Gasteiger partial charge is 0.271 e. The van der Waals surface area contributed by atoms with Crippen LogP contribution in [0.25, 0.3) is 0 Å². The molecule has 0 atom stereocenters. The Balaban J connectivity index is 1.35. The minimum atomic E-state index is -0.240. The van der Waals surface area contributed by atoms with E-state index in [0.717, 1.165) is 29.9 Å². The Hall–Kier alpha value is -3.60. The first kappa shape index (κ1) is 21.1. The van der Waals surface area contributed by atoms with E-state index in [1.165, 1.54) is 5.56 Å². The lowest BCUT2D eigenvalue weighted by atomic mass is 10.2. The van der Waals surface area contributed by atoms with Gasteiger partial charge in [0.2, 0.25) is 0 Å². The lowest BCUT2D eigenvalue weighted by Crippen LogP contribution is -2.17. The first-order chi connectivity index (χ1) is 14.7. The fraction of sp³-hybridized carbons (Fsp3) is 0.200. The predicted octanol–water partition coefficient (Wildman–Crippen LogP) is 4.86. The Morgan fingerprint density at radius 2 is 1.47 bits per heavy atom. The fourth-order valence-corrected chi connectivity index (χ4v) is 2.73. The number of carbonyl (C=O) groups is 1. The van der Waals surface area contributed by atoms with Gasteiger partial charge in [-0.25, -0.2) is 5.43 Å². The van der Waals surface area contributed by atoms with E-state index in [1.54, 1.807) is 18.3 Å². The number of benzene rings is 3. The van der Waals surface area contributed by atoms with Crippen LogP contribution in [0.2, 0.25) is 0 Å². The summed E-state index contributed by atoms with van der Waals surface area (Å²) < 4.78 is 11.5. The van der Waals surface area contributed by atoms with Crippen molar-refractivity contribution in [1.29, 1.82) is 0 Å². The normalized spacial score (nSPS) is 10.7. The van der Waals surface area contributed by atoms with Gasteiger partial charge in [-0.15, -0.1) is 0 Å². The van der Waals surface area contributed by atoms with Gasteiger partial charge in [0.15, 0.2) is 0 Å². The molecule has 3 aromatic carbocycles. The second kappa shape index (κ2) is 11.4. The van der Waals surface area contributed by atoms with Crippen molar-refractivity contribution in [2.45, 2.75) is 19.8 Å². The zero-order valence-electron chi connectivity index (χ0n) is 17.1. The van der Waals surface area contributed by atoms with E-state index in [9.17, 15) is 4.79 Å². The van der Waals surface area contributed by atoms with Crippen molar-refractivity contribution >= 4 is 12.1 Å². The molecule has 0 saturated carbocycles. The average molecular weight is 402 g/mol. The molecule has 0 aliphatic rings. The van der Waals surface area contributed by atoms with Crippen LogP contribution in [0.15, 0.2) is 84.0 Å². The Kier molecular flexibility index (Phi) is 8.03. The summed E-state index contributed by atoms with van der Waals surface area (Å²) in [6.45, 7) is 3.32. The van der Waals surface area contributed by atoms with Gasteiger partial charge in [-0.3, -0.25) is 4.79 Å². The maximum atomic E-state index is 11.9. The lowest BCUT2D eigenvalue weighted by molar-refractivity contribution is 0.0955. The van der Waals surface area contributed by atoms with Crippen LogP contribution < -0.4 is 14.9 Å². The molecule has 0 aliphatic heterocycles. The minimum absolute atomic E-state index is 0.240. The molecule has 1 amide bonds. The topological polar surface area (TPSA) is 59.9 Å². The molecule has 0 bridgehead atoms. The summed E-state index contributed by atoms with van der Waals surface area (Å²) in [5.74, 6) is 1.43. The highest BCUT2D eigenvalue weighted by Crippen LogP contribution is 2.14. The molecular weight excluding hydrogens is 376 g/mol. The van der Waals surface area contributed by atoms with Crippen molar-refractivity contribution in [2.24, 2.45) is 5.10 Å². The zero-order chi connectivity index (χ0) is 21.0. The van der Waals surface area contributed by atoms with E-state index < -0.39 is 0 Å². The van der Waals surface area contributed by atoms with Crippen molar-refractivity contribution in [3.8, 4) is 11.5 Å². The highest BCUT2D eigenvalue weighted by molar-refractivity contribution is 5.94. The molecule has 3 rings (SSSR count). The summed E-state index contributed by atoms with van der Waals surface area (Å²) in [6, 6.07) is 24.7. The summed E-state index contributed by atoms with van der Waals surface area (Å²) in [4.78, 5) is 11.9. The van der Waals surface area contributed by atoms with E-state index in [2.05, 4.69) is 29.6 Å². The van der Waals surface area contributed by atoms with Gasteiger partial charge in [0.1, 0.15) is 11.5 Å². The highest BCUT2D eigenvalue weighted by atomic mass is 16.5. The van der Waals surface area contributed by atoms with E-state index >= 15 is 0 Å². The van der Waals surface area contributed by atoms with E-state index in [4.69, 9.17) is 9.47 Å². The molecule has 1 N–H and O–H groups in total. The Bertz CT molecular complexity index is 936. The molecule has 0 spiro atoms. The fourth-order valence-electron chi connectivity index (χ4n) is 2.73. The van der Waals surface area contributed by atoms with E-state index in [0.29, 0.717) is 18.8 Å². The third kappa shape index (κ3) is 6.78.